The van der Waals surface area contributed by atoms with Crippen molar-refractivity contribution in [2.45, 2.75) is 13.2 Å². The predicted octanol–water partition coefficient (Wildman–Crippen LogP) is 3.66. The van der Waals surface area contributed by atoms with Gasteiger partial charge in [0.2, 0.25) is 0 Å². The molecule has 0 amide bonds. The minimum Gasteiger partial charge on any atom is -0.368 e. The Morgan fingerprint density at radius 2 is 1.95 bits per heavy atom. The lowest BCUT2D eigenvalue weighted by Gasteiger charge is -2.02. The molecule has 4 nitrogen and oxygen atoms in total. The van der Waals surface area contributed by atoms with E-state index >= 15 is 0 Å². The van der Waals surface area contributed by atoms with Crippen LogP contribution in [0.15, 0.2) is 54.9 Å². The first kappa shape index (κ1) is 12.5. The van der Waals surface area contributed by atoms with E-state index in [9.17, 15) is 0 Å². The average molecular weight is 295 g/mol. The molecule has 0 fully saturated rings. The van der Waals surface area contributed by atoms with Crippen LogP contribution in [0.2, 0.25) is 0 Å². The van der Waals surface area contributed by atoms with Gasteiger partial charge in [-0.1, -0.05) is 18.2 Å². The first-order valence-electron chi connectivity index (χ1n) is 6.73. The zero-order chi connectivity index (χ0) is 14.1. The Morgan fingerprint density at radius 3 is 2.90 bits per heavy atom. The first-order valence-corrected chi connectivity index (χ1v) is 7.55. The Balaban J connectivity index is 1.47. The third-order valence-electron chi connectivity index (χ3n) is 3.31. The summed E-state index contributed by atoms with van der Waals surface area (Å²) in [4.78, 5) is 8.91. The van der Waals surface area contributed by atoms with Crippen molar-refractivity contribution in [1.82, 2.24) is 14.4 Å². The lowest BCUT2D eigenvalue weighted by molar-refractivity contribution is 0.104. The van der Waals surface area contributed by atoms with Crippen LogP contribution in [0.1, 0.15) is 10.7 Å². The number of ether oxygens (including phenoxy) is 1. The van der Waals surface area contributed by atoms with Gasteiger partial charge < -0.3 is 9.14 Å². The summed E-state index contributed by atoms with van der Waals surface area (Å²) in [5, 5.41) is 1.00. The lowest BCUT2D eigenvalue weighted by atomic mass is 10.3. The van der Waals surface area contributed by atoms with E-state index in [-0.39, 0.29) is 0 Å². The first-order chi connectivity index (χ1) is 10.4. The molecule has 104 valence electrons. The van der Waals surface area contributed by atoms with E-state index < -0.39 is 0 Å². The predicted molar refractivity (Wildman–Crippen MR) is 83.3 cm³/mol. The molecule has 21 heavy (non-hydrogen) atoms. The second-order valence-electron chi connectivity index (χ2n) is 4.75. The number of hydrogen-bond donors (Lipinski definition) is 0. The standard InChI is InChI=1S/C16H13N3OS/c1-2-6-14-13(5-1)18-16(21-14)11-20-10-12-9-17-15-7-3-4-8-19(12)15/h1-9H,10-11H2. The fraction of sp³-hybridized carbons (Fsp3) is 0.125. The second-order valence-corrected chi connectivity index (χ2v) is 5.86. The van der Waals surface area contributed by atoms with Gasteiger partial charge in [0.15, 0.2) is 0 Å². The molecule has 0 saturated heterocycles. The fourth-order valence-corrected chi connectivity index (χ4v) is 3.22. The van der Waals surface area contributed by atoms with Gasteiger partial charge in [0.05, 0.1) is 35.3 Å². The number of para-hydroxylation sites is 1. The number of aromatic nitrogens is 3. The van der Waals surface area contributed by atoms with Gasteiger partial charge in [-0.15, -0.1) is 11.3 Å². The molecule has 0 atom stereocenters. The number of nitrogens with zero attached hydrogens (tertiary/aromatic N) is 3. The highest BCUT2D eigenvalue weighted by molar-refractivity contribution is 7.18. The Labute approximate surface area is 125 Å². The third kappa shape index (κ3) is 2.41. The Hall–Kier alpha value is -2.24. The van der Waals surface area contributed by atoms with Gasteiger partial charge in [-0.3, -0.25) is 0 Å². The largest absolute Gasteiger partial charge is 0.368 e. The summed E-state index contributed by atoms with van der Waals surface area (Å²) < 4.78 is 9.03. The zero-order valence-electron chi connectivity index (χ0n) is 11.3. The van der Waals surface area contributed by atoms with Crippen molar-refractivity contribution in [3.05, 3.63) is 65.6 Å². The quantitative estimate of drug-likeness (QED) is 0.577. The summed E-state index contributed by atoms with van der Waals surface area (Å²) in [7, 11) is 0. The number of hydrogen-bond acceptors (Lipinski definition) is 4. The van der Waals surface area contributed by atoms with Crippen LogP contribution in [0, 0.1) is 0 Å². The molecule has 0 N–H and O–H groups in total. The normalized spacial score (nSPS) is 11.4. The minimum atomic E-state index is 0.527. The Morgan fingerprint density at radius 1 is 1.05 bits per heavy atom. The minimum absolute atomic E-state index is 0.527. The third-order valence-corrected chi connectivity index (χ3v) is 4.32. The number of benzene rings is 1. The highest BCUT2D eigenvalue weighted by Gasteiger charge is 2.05. The summed E-state index contributed by atoms with van der Waals surface area (Å²) in [5.74, 6) is 0. The molecule has 0 aliphatic carbocycles. The molecule has 3 heterocycles. The molecule has 0 radical (unpaired) electrons. The highest BCUT2D eigenvalue weighted by atomic mass is 32.1. The molecule has 0 saturated carbocycles. The molecule has 5 heteroatoms. The molecule has 0 aliphatic heterocycles. The zero-order valence-corrected chi connectivity index (χ0v) is 12.1. The highest BCUT2D eigenvalue weighted by Crippen LogP contribution is 2.22. The molecule has 0 unspecified atom stereocenters. The van der Waals surface area contributed by atoms with Gasteiger partial charge in [-0.2, -0.15) is 0 Å². The summed E-state index contributed by atoms with van der Waals surface area (Å²) in [6.45, 7) is 1.06. The number of rotatable bonds is 4. The fourth-order valence-electron chi connectivity index (χ4n) is 2.32. The van der Waals surface area contributed by atoms with Crippen molar-refractivity contribution in [2.75, 3.05) is 0 Å². The summed E-state index contributed by atoms with van der Waals surface area (Å²) in [6, 6.07) is 14.1. The molecular formula is C16H13N3OS. The van der Waals surface area contributed by atoms with Gasteiger partial charge in [0, 0.05) is 6.20 Å². The monoisotopic (exact) mass is 295 g/mol. The van der Waals surface area contributed by atoms with E-state index in [0.29, 0.717) is 13.2 Å². The van der Waals surface area contributed by atoms with Crippen molar-refractivity contribution in [3.63, 3.8) is 0 Å². The van der Waals surface area contributed by atoms with E-state index in [1.54, 1.807) is 11.3 Å². The maximum atomic E-state index is 5.79. The molecular weight excluding hydrogens is 282 g/mol. The second kappa shape index (κ2) is 5.27. The van der Waals surface area contributed by atoms with Gasteiger partial charge >= 0.3 is 0 Å². The smallest absolute Gasteiger partial charge is 0.136 e. The van der Waals surface area contributed by atoms with Gasteiger partial charge in [0.25, 0.3) is 0 Å². The van der Waals surface area contributed by atoms with Gasteiger partial charge in [-0.05, 0) is 24.3 Å². The average Bonchev–Trinajstić information content (AvgIpc) is 3.11. The maximum absolute atomic E-state index is 5.79. The number of pyridine rings is 1. The van der Waals surface area contributed by atoms with Crippen LogP contribution in [0.3, 0.4) is 0 Å². The molecule has 3 aromatic heterocycles. The Bertz CT molecular complexity index is 863. The number of fused-ring (bicyclic) bond motifs is 2. The van der Waals surface area contributed by atoms with Crippen LogP contribution >= 0.6 is 11.3 Å². The number of thiazole rings is 1. The van der Waals surface area contributed by atoms with Gasteiger partial charge in [-0.25, -0.2) is 9.97 Å². The molecule has 4 rings (SSSR count). The van der Waals surface area contributed by atoms with E-state index in [4.69, 9.17) is 4.74 Å². The van der Waals surface area contributed by atoms with E-state index in [0.717, 1.165) is 21.9 Å². The summed E-state index contributed by atoms with van der Waals surface area (Å²) in [6.07, 6.45) is 3.85. The number of imidazole rings is 1. The van der Waals surface area contributed by atoms with Crippen molar-refractivity contribution in [2.24, 2.45) is 0 Å². The molecule has 0 bridgehead atoms. The summed E-state index contributed by atoms with van der Waals surface area (Å²) in [5.41, 5.74) is 3.03. The van der Waals surface area contributed by atoms with E-state index in [2.05, 4.69) is 16.0 Å². The molecule has 0 spiro atoms. The van der Waals surface area contributed by atoms with Crippen LogP contribution in [-0.4, -0.2) is 14.4 Å². The molecule has 0 aliphatic rings. The van der Waals surface area contributed by atoms with Gasteiger partial charge in [0.1, 0.15) is 10.7 Å². The Kier molecular flexibility index (Phi) is 3.14. The summed E-state index contributed by atoms with van der Waals surface area (Å²) >= 11 is 1.68. The van der Waals surface area contributed by atoms with Crippen LogP contribution < -0.4 is 0 Å². The van der Waals surface area contributed by atoms with Crippen molar-refractivity contribution >= 4 is 27.2 Å². The van der Waals surface area contributed by atoms with Crippen LogP contribution in [0.5, 0.6) is 0 Å². The maximum Gasteiger partial charge on any atom is 0.136 e. The SMILES string of the molecule is c1ccc2sc(COCc3cnc4ccccn34)nc2c1. The van der Waals surface area contributed by atoms with Crippen molar-refractivity contribution in [3.8, 4) is 0 Å². The lowest BCUT2D eigenvalue weighted by Crippen LogP contribution is -1.97. The molecule has 4 aromatic rings. The van der Waals surface area contributed by atoms with E-state index in [1.165, 1.54) is 4.70 Å². The van der Waals surface area contributed by atoms with Crippen molar-refractivity contribution in [1.29, 1.82) is 0 Å². The van der Waals surface area contributed by atoms with Crippen molar-refractivity contribution < 1.29 is 4.74 Å². The molecule has 1 aromatic carbocycles. The van der Waals surface area contributed by atoms with Crippen LogP contribution in [0.25, 0.3) is 15.9 Å². The van der Waals surface area contributed by atoms with Crippen LogP contribution in [0.4, 0.5) is 0 Å². The topological polar surface area (TPSA) is 39.4 Å². The van der Waals surface area contributed by atoms with Crippen LogP contribution in [-0.2, 0) is 18.0 Å². The van der Waals surface area contributed by atoms with E-state index in [1.807, 2.05) is 53.2 Å².